The van der Waals surface area contributed by atoms with Gasteiger partial charge < -0.3 is 33.7 Å². The lowest BCUT2D eigenvalue weighted by atomic mass is 9.99. The number of anilines is 1. The van der Waals surface area contributed by atoms with Crippen molar-refractivity contribution in [2.75, 3.05) is 26.1 Å². The van der Waals surface area contributed by atoms with E-state index in [1.54, 1.807) is 31.4 Å². The van der Waals surface area contributed by atoms with Crippen LogP contribution in [-0.4, -0.2) is 83.8 Å². The maximum Gasteiger partial charge on any atom is 0.499 e. The van der Waals surface area contributed by atoms with Crippen LogP contribution in [0.4, 0.5) is 27.6 Å². The smallest absolute Gasteiger partial charge is 0.438 e. The summed E-state index contributed by atoms with van der Waals surface area (Å²) < 4.78 is 97.3. The van der Waals surface area contributed by atoms with Crippen LogP contribution in [0.2, 0.25) is 0 Å². The molecule has 1 aromatic heterocycles. The van der Waals surface area contributed by atoms with E-state index in [0.29, 0.717) is 29.4 Å². The van der Waals surface area contributed by atoms with Gasteiger partial charge in [0, 0.05) is 32.1 Å². The van der Waals surface area contributed by atoms with Gasteiger partial charge in [0.05, 0.1) is 11.8 Å². The van der Waals surface area contributed by atoms with Crippen molar-refractivity contribution >= 4 is 23.1 Å². The molecule has 10 nitrogen and oxygen atoms in total. The van der Waals surface area contributed by atoms with Crippen molar-refractivity contribution in [1.82, 2.24) is 14.8 Å². The molecule has 43 heavy (non-hydrogen) atoms. The minimum atomic E-state index is -5.84. The Morgan fingerprint density at radius 3 is 2.21 bits per heavy atom. The summed E-state index contributed by atoms with van der Waals surface area (Å²) in [6, 6.07) is 11.4. The van der Waals surface area contributed by atoms with Gasteiger partial charge in [0.1, 0.15) is 30.4 Å². The quantitative estimate of drug-likeness (QED) is 0.232. The van der Waals surface area contributed by atoms with Gasteiger partial charge in [-0.3, -0.25) is 0 Å². The number of halogens is 5. The molecule has 0 unspecified atom stereocenters. The molecule has 4 rings (SSSR count). The normalized spacial score (nSPS) is 22.7. The van der Waals surface area contributed by atoms with Gasteiger partial charge in [0.15, 0.2) is 5.82 Å². The highest BCUT2D eigenvalue weighted by molar-refractivity contribution is 7.80. The van der Waals surface area contributed by atoms with E-state index in [2.05, 4.69) is 20.1 Å². The van der Waals surface area contributed by atoms with Crippen molar-refractivity contribution in [2.24, 2.45) is 0 Å². The van der Waals surface area contributed by atoms with Crippen molar-refractivity contribution in [3.8, 4) is 22.8 Å². The average molecular weight is 633 g/mol. The van der Waals surface area contributed by atoms with Gasteiger partial charge in [-0.05, 0) is 74.6 Å². The van der Waals surface area contributed by atoms with E-state index in [1.807, 2.05) is 13.8 Å². The molecule has 3 aromatic rings. The van der Waals surface area contributed by atoms with Crippen molar-refractivity contribution < 1.29 is 50.4 Å². The maximum atomic E-state index is 13.1. The number of alkyl halides is 5. The summed E-state index contributed by atoms with van der Waals surface area (Å²) in [6.07, 6.45) is -12.4. The second kappa shape index (κ2) is 13.5. The number of thiocarbonyl (C=S) groups is 1. The molecule has 234 valence electrons. The van der Waals surface area contributed by atoms with E-state index in [9.17, 15) is 22.0 Å². The minimum Gasteiger partial charge on any atom is -0.438 e. The molecule has 0 spiro atoms. The number of ether oxygens (including phenoxy) is 6. The third kappa shape index (κ3) is 7.56. The summed E-state index contributed by atoms with van der Waals surface area (Å²) in [5, 5.41) is 7.36. The monoisotopic (exact) mass is 632 g/mol. The highest BCUT2D eigenvalue weighted by Gasteiger charge is 2.61. The molecule has 1 aliphatic heterocycles. The van der Waals surface area contributed by atoms with E-state index in [0.717, 1.165) is 12.1 Å². The van der Waals surface area contributed by atoms with Crippen LogP contribution < -0.4 is 10.1 Å². The fraction of sp³-hybridized carbons (Fsp3) is 0.444. The Bertz CT molecular complexity index is 1360. The van der Waals surface area contributed by atoms with Crippen LogP contribution >= 0.6 is 12.2 Å². The van der Waals surface area contributed by atoms with Gasteiger partial charge in [-0.15, -0.1) is 5.10 Å². The predicted molar refractivity (Wildman–Crippen MR) is 147 cm³/mol. The molecule has 1 saturated heterocycles. The maximum absolute atomic E-state index is 13.1. The number of methoxy groups -OCH3 is 2. The zero-order valence-corrected chi connectivity index (χ0v) is 24.2. The lowest BCUT2D eigenvalue weighted by Gasteiger charge is -2.43. The number of hydrogen-bond donors (Lipinski definition) is 1. The van der Waals surface area contributed by atoms with Crippen LogP contribution in [0.15, 0.2) is 54.9 Å². The lowest BCUT2D eigenvalue weighted by Crippen LogP contribution is -2.60. The number of hydrogen-bond acceptors (Lipinski definition) is 9. The third-order valence-corrected chi connectivity index (χ3v) is 6.61. The molecule has 0 aliphatic carbocycles. The summed E-state index contributed by atoms with van der Waals surface area (Å²) in [4.78, 5) is 4.23. The summed E-state index contributed by atoms with van der Waals surface area (Å²) >= 11 is 5.38. The van der Waals surface area contributed by atoms with Gasteiger partial charge in [0.2, 0.25) is 6.29 Å². The van der Waals surface area contributed by atoms with Crippen molar-refractivity contribution in [2.45, 2.75) is 56.8 Å². The number of nitrogens with one attached hydrogen (secondary N) is 1. The number of nitrogens with zero attached hydrogens (tertiary/aromatic N) is 3. The zero-order valence-electron chi connectivity index (χ0n) is 23.4. The Labute approximate surface area is 249 Å². The fourth-order valence-corrected chi connectivity index (χ4v) is 4.58. The largest absolute Gasteiger partial charge is 0.499 e. The van der Waals surface area contributed by atoms with Crippen LogP contribution in [0.5, 0.6) is 5.75 Å². The van der Waals surface area contributed by atoms with Gasteiger partial charge in [-0.2, -0.15) is 22.0 Å². The molecular formula is C27H29F5N4O6S. The van der Waals surface area contributed by atoms with Gasteiger partial charge in [0.25, 0.3) is 5.17 Å². The second-order valence-electron chi connectivity index (χ2n) is 9.26. The first-order chi connectivity index (χ1) is 20.4. The SMILES string of the molecule is CCO[C@@H]1[C@@H](OC)[C@H](C)O[C@@H](OC(=S)Nc2ccc(-c3ncn(-c4ccc(OC(F)(F)C(F)(F)F)cc4)n3)cc2)[C@@H]1OC. The van der Waals surface area contributed by atoms with Gasteiger partial charge in [-0.25, -0.2) is 9.67 Å². The zero-order chi connectivity index (χ0) is 31.4. The Balaban J connectivity index is 1.37. The van der Waals surface area contributed by atoms with E-state index in [4.69, 9.17) is 35.9 Å². The Hall–Kier alpha value is -3.44. The van der Waals surface area contributed by atoms with Crippen LogP contribution in [0.25, 0.3) is 17.1 Å². The molecule has 0 radical (unpaired) electrons. The number of rotatable bonds is 10. The van der Waals surface area contributed by atoms with Crippen molar-refractivity contribution in [3.05, 3.63) is 54.9 Å². The average Bonchev–Trinajstić information content (AvgIpc) is 3.44. The molecule has 0 bridgehead atoms. The third-order valence-electron chi connectivity index (χ3n) is 6.41. The van der Waals surface area contributed by atoms with Crippen LogP contribution in [0.3, 0.4) is 0 Å². The molecule has 2 heterocycles. The lowest BCUT2D eigenvalue weighted by molar-refractivity contribution is -0.360. The van der Waals surface area contributed by atoms with Crippen molar-refractivity contribution in [1.29, 1.82) is 0 Å². The van der Waals surface area contributed by atoms with E-state index in [1.165, 1.54) is 30.3 Å². The first-order valence-corrected chi connectivity index (χ1v) is 13.3. The Kier molecular flexibility index (Phi) is 10.2. The Morgan fingerprint density at radius 1 is 0.977 bits per heavy atom. The summed E-state index contributed by atoms with van der Waals surface area (Å²) in [7, 11) is 3.09. The van der Waals surface area contributed by atoms with E-state index in [-0.39, 0.29) is 17.4 Å². The van der Waals surface area contributed by atoms with E-state index >= 15 is 0 Å². The Morgan fingerprint density at radius 2 is 1.63 bits per heavy atom. The molecule has 5 atom stereocenters. The molecular weight excluding hydrogens is 603 g/mol. The molecule has 1 aliphatic rings. The summed E-state index contributed by atoms with van der Waals surface area (Å²) in [6.45, 7) is 4.16. The first kappa shape index (κ1) is 32.5. The standard InChI is InChI=1S/C27H29F5N4O6S/c1-5-39-21-20(37-3)15(2)40-24(22(21)38-4)41-25(43)34-17-8-6-16(7-9-17)23-33-14-36(35-23)18-10-12-19(13-11-18)42-27(31,32)26(28,29)30/h6-15,20-22,24H,5H2,1-4H3,(H,34,43)/t15-,20-,21+,22+,24-/m0/s1. The molecule has 0 amide bonds. The van der Waals surface area contributed by atoms with Gasteiger partial charge in [-0.1, -0.05) is 0 Å². The van der Waals surface area contributed by atoms with Crippen LogP contribution in [0, 0.1) is 0 Å². The molecule has 1 fully saturated rings. The van der Waals surface area contributed by atoms with E-state index < -0.39 is 36.5 Å². The molecule has 1 N–H and O–H groups in total. The second-order valence-corrected chi connectivity index (χ2v) is 9.63. The number of aromatic nitrogens is 3. The molecule has 0 saturated carbocycles. The minimum absolute atomic E-state index is 0.0425. The number of benzene rings is 2. The highest BCUT2D eigenvalue weighted by atomic mass is 32.1. The first-order valence-electron chi connectivity index (χ1n) is 12.9. The van der Waals surface area contributed by atoms with Gasteiger partial charge >= 0.3 is 12.3 Å². The topological polar surface area (TPSA) is 98.1 Å². The summed E-state index contributed by atoms with van der Waals surface area (Å²) in [5.74, 6) is -0.330. The molecule has 16 heteroatoms. The summed E-state index contributed by atoms with van der Waals surface area (Å²) in [5.41, 5.74) is 1.60. The highest BCUT2D eigenvalue weighted by Crippen LogP contribution is 2.37. The predicted octanol–water partition coefficient (Wildman–Crippen LogP) is 5.36. The van der Waals surface area contributed by atoms with Crippen molar-refractivity contribution in [3.63, 3.8) is 0 Å². The fourth-order valence-electron chi connectivity index (χ4n) is 4.37. The van der Waals surface area contributed by atoms with Crippen LogP contribution in [-0.2, 0) is 23.7 Å². The van der Waals surface area contributed by atoms with Crippen LogP contribution in [0.1, 0.15) is 13.8 Å². The molecule has 2 aromatic carbocycles.